The summed E-state index contributed by atoms with van der Waals surface area (Å²) >= 11 is 0. The smallest absolute Gasteiger partial charge is 0.306 e. The fourth-order valence-corrected chi connectivity index (χ4v) is 5.23. The second-order valence-electron chi connectivity index (χ2n) is 13.5. The number of aliphatic carboxylic acids is 1. The molecule has 8 heteroatoms. The highest BCUT2D eigenvalue weighted by atomic mass is 16.6. The SMILES string of the molecule is CCCC/C=C/CCCCCCC(=O)OC(COCCC(C(=O)[O-])[N+](C)(C)C)COC(=O)CCCCCCCCCCCCC. The molecule has 45 heavy (non-hydrogen) atoms. The minimum Gasteiger partial charge on any atom is -0.544 e. The first-order valence-electron chi connectivity index (χ1n) is 18.2. The first-order chi connectivity index (χ1) is 21.6. The van der Waals surface area contributed by atoms with Gasteiger partial charge in [0, 0.05) is 19.3 Å². The van der Waals surface area contributed by atoms with Gasteiger partial charge in [0.1, 0.15) is 12.6 Å². The van der Waals surface area contributed by atoms with Crippen LogP contribution in [0.25, 0.3) is 0 Å². The van der Waals surface area contributed by atoms with Crippen molar-refractivity contribution in [1.29, 1.82) is 0 Å². The molecule has 8 nitrogen and oxygen atoms in total. The van der Waals surface area contributed by atoms with Crippen LogP contribution in [0, 0.1) is 0 Å². The molecule has 0 spiro atoms. The number of carboxylic acid groups (broad SMARTS) is 1. The van der Waals surface area contributed by atoms with Gasteiger partial charge in [-0.2, -0.15) is 0 Å². The summed E-state index contributed by atoms with van der Waals surface area (Å²) in [6.45, 7) is 4.58. The topological polar surface area (TPSA) is 102 Å². The van der Waals surface area contributed by atoms with Crippen molar-refractivity contribution in [2.75, 3.05) is 41.0 Å². The molecule has 0 saturated heterocycles. The molecule has 0 N–H and O–H groups in total. The number of rotatable bonds is 32. The third-order valence-electron chi connectivity index (χ3n) is 8.15. The number of carboxylic acids is 1. The molecule has 2 atom stereocenters. The molecule has 0 aromatic rings. The Balaban J connectivity index is 4.45. The first kappa shape index (κ1) is 43.1. The van der Waals surface area contributed by atoms with Gasteiger partial charge in [-0.1, -0.05) is 116 Å². The van der Waals surface area contributed by atoms with Crippen molar-refractivity contribution in [2.24, 2.45) is 0 Å². The first-order valence-corrected chi connectivity index (χ1v) is 18.2. The van der Waals surface area contributed by atoms with E-state index in [2.05, 4.69) is 26.0 Å². The maximum atomic E-state index is 12.6. The highest BCUT2D eigenvalue weighted by molar-refractivity contribution is 5.70. The van der Waals surface area contributed by atoms with E-state index in [-0.39, 0.29) is 42.7 Å². The monoisotopic (exact) mass is 640 g/mol. The number of likely N-dealkylation sites (N-methyl/N-ethyl adjacent to an activating group) is 1. The quantitative estimate of drug-likeness (QED) is 0.0326. The maximum Gasteiger partial charge on any atom is 0.306 e. The third-order valence-corrected chi connectivity index (χ3v) is 8.15. The van der Waals surface area contributed by atoms with Crippen LogP contribution in [-0.4, -0.2) is 75.5 Å². The van der Waals surface area contributed by atoms with E-state index < -0.39 is 18.1 Å². The molecule has 0 radical (unpaired) electrons. The summed E-state index contributed by atoms with van der Waals surface area (Å²) in [5.74, 6) is -1.75. The van der Waals surface area contributed by atoms with Crippen molar-refractivity contribution in [3.8, 4) is 0 Å². The van der Waals surface area contributed by atoms with Gasteiger partial charge in [0.15, 0.2) is 6.10 Å². The van der Waals surface area contributed by atoms with Gasteiger partial charge in [0.2, 0.25) is 0 Å². The van der Waals surface area contributed by atoms with Crippen molar-refractivity contribution in [2.45, 2.75) is 167 Å². The number of hydrogen-bond donors (Lipinski definition) is 0. The number of unbranched alkanes of at least 4 members (excludes halogenated alkanes) is 16. The van der Waals surface area contributed by atoms with Crippen LogP contribution >= 0.6 is 0 Å². The van der Waals surface area contributed by atoms with Crippen LogP contribution in [0.4, 0.5) is 0 Å². The molecule has 0 heterocycles. The number of allylic oxidation sites excluding steroid dienone is 2. The number of hydrogen-bond acceptors (Lipinski definition) is 7. The zero-order valence-corrected chi connectivity index (χ0v) is 29.8. The number of quaternary nitrogens is 1. The Morgan fingerprint density at radius 2 is 1.13 bits per heavy atom. The maximum absolute atomic E-state index is 12.6. The van der Waals surface area contributed by atoms with Crippen LogP contribution < -0.4 is 5.11 Å². The van der Waals surface area contributed by atoms with E-state index in [4.69, 9.17) is 14.2 Å². The van der Waals surface area contributed by atoms with E-state index in [1.807, 2.05) is 0 Å². The lowest BCUT2D eigenvalue weighted by Gasteiger charge is -2.34. The molecule has 0 aliphatic carbocycles. The van der Waals surface area contributed by atoms with E-state index in [0.717, 1.165) is 57.8 Å². The van der Waals surface area contributed by atoms with Crippen molar-refractivity contribution in [3.05, 3.63) is 12.2 Å². The largest absolute Gasteiger partial charge is 0.544 e. The Labute approximate surface area is 276 Å². The number of nitrogens with zero attached hydrogens (tertiary/aromatic N) is 1. The fourth-order valence-electron chi connectivity index (χ4n) is 5.23. The van der Waals surface area contributed by atoms with E-state index in [1.54, 1.807) is 21.1 Å². The number of carbonyl (C=O) groups excluding carboxylic acids is 3. The standard InChI is InChI=1S/C37H69NO7/c1-6-8-10-12-14-16-18-20-21-23-25-27-35(39)44-32-33(31-43-30-29-34(37(41)42)38(3,4)5)45-36(40)28-26-24-22-19-17-15-13-11-9-7-2/h13,15,33-34H,6-12,14,16-32H2,1-5H3/b15-13+. The normalized spacial score (nSPS) is 13.2. The van der Waals surface area contributed by atoms with Crippen LogP contribution in [0.15, 0.2) is 12.2 Å². The zero-order valence-electron chi connectivity index (χ0n) is 29.8. The predicted molar refractivity (Wildman–Crippen MR) is 181 cm³/mol. The third kappa shape index (κ3) is 28.1. The zero-order chi connectivity index (χ0) is 33.6. The molecule has 0 aliphatic heterocycles. The Bertz CT molecular complexity index is 762. The average Bonchev–Trinajstić information content (AvgIpc) is 2.98. The summed E-state index contributed by atoms with van der Waals surface area (Å²) in [5.41, 5.74) is 0. The highest BCUT2D eigenvalue weighted by Gasteiger charge is 2.25. The molecule has 0 rings (SSSR count). The molecule has 0 aliphatic rings. The van der Waals surface area contributed by atoms with Gasteiger partial charge in [-0.3, -0.25) is 9.59 Å². The predicted octanol–water partition coefficient (Wildman–Crippen LogP) is 7.46. The van der Waals surface area contributed by atoms with Gasteiger partial charge in [-0.15, -0.1) is 0 Å². The van der Waals surface area contributed by atoms with Gasteiger partial charge >= 0.3 is 11.9 Å². The van der Waals surface area contributed by atoms with Crippen LogP contribution in [0.1, 0.15) is 155 Å². The van der Waals surface area contributed by atoms with Crippen molar-refractivity contribution in [1.82, 2.24) is 0 Å². The lowest BCUT2D eigenvalue weighted by molar-refractivity contribution is -0.889. The van der Waals surface area contributed by atoms with Crippen LogP contribution in [-0.2, 0) is 28.6 Å². The number of ether oxygens (including phenoxy) is 3. The molecule has 0 saturated carbocycles. The molecule has 0 amide bonds. The minimum atomic E-state index is -1.13. The Morgan fingerprint density at radius 1 is 0.644 bits per heavy atom. The van der Waals surface area contributed by atoms with Crippen molar-refractivity contribution >= 4 is 17.9 Å². The van der Waals surface area contributed by atoms with Gasteiger partial charge in [-0.05, 0) is 32.1 Å². The molecular weight excluding hydrogens is 570 g/mol. The summed E-state index contributed by atoms with van der Waals surface area (Å²) in [4.78, 5) is 36.5. The second kappa shape index (κ2) is 29.5. The van der Waals surface area contributed by atoms with Gasteiger partial charge in [0.05, 0.1) is 40.3 Å². The molecule has 0 fully saturated rings. The van der Waals surface area contributed by atoms with Gasteiger partial charge < -0.3 is 28.6 Å². The Morgan fingerprint density at radius 3 is 1.67 bits per heavy atom. The van der Waals surface area contributed by atoms with E-state index in [0.29, 0.717) is 12.8 Å². The summed E-state index contributed by atoms with van der Waals surface area (Å²) in [6, 6.07) is -0.721. The Kier molecular flexibility index (Phi) is 28.2. The molecule has 2 unspecified atom stereocenters. The fraction of sp³-hybridized carbons (Fsp3) is 0.865. The molecule has 0 bridgehead atoms. The molecule has 0 aromatic carbocycles. The van der Waals surface area contributed by atoms with Gasteiger partial charge in [-0.25, -0.2) is 0 Å². The summed E-state index contributed by atoms with van der Waals surface area (Å²) in [5, 5.41) is 11.5. The van der Waals surface area contributed by atoms with E-state index in [1.165, 1.54) is 64.2 Å². The van der Waals surface area contributed by atoms with Crippen LogP contribution in [0.5, 0.6) is 0 Å². The minimum absolute atomic E-state index is 0.0404. The lowest BCUT2D eigenvalue weighted by atomic mass is 10.1. The van der Waals surface area contributed by atoms with Crippen LogP contribution in [0.3, 0.4) is 0 Å². The van der Waals surface area contributed by atoms with Crippen LogP contribution in [0.2, 0.25) is 0 Å². The summed E-state index contributed by atoms with van der Waals surface area (Å²) in [6.07, 6.45) is 26.6. The lowest BCUT2D eigenvalue weighted by Crippen LogP contribution is -2.55. The average molecular weight is 640 g/mol. The van der Waals surface area contributed by atoms with E-state index >= 15 is 0 Å². The molecule has 0 aromatic heterocycles. The second-order valence-corrected chi connectivity index (χ2v) is 13.5. The molecule has 264 valence electrons. The summed E-state index contributed by atoms with van der Waals surface area (Å²) < 4.78 is 17.0. The van der Waals surface area contributed by atoms with E-state index in [9.17, 15) is 19.5 Å². The number of carbonyl (C=O) groups is 3. The summed E-state index contributed by atoms with van der Waals surface area (Å²) in [7, 11) is 5.39. The Hall–Kier alpha value is -1.93. The van der Waals surface area contributed by atoms with Crippen molar-refractivity contribution < 1.29 is 38.2 Å². The van der Waals surface area contributed by atoms with Crippen molar-refractivity contribution in [3.63, 3.8) is 0 Å². The highest BCUT2D eigenvalue weighted by Crippen LogP contribution is 2.13. The van der Waals surface area contributed by atoms with Gasteiger partial charge in [0.25, 0.3) is 0 Å². The molecular formula is C37H69NO7. The number of esters is 2.